The highest BCUT2D eigenvalue weighted by atomic mass is 16.3. The first kappa shape index (κ1) is 19.8. The van der Waals surface area contributed by atoms with E-state index in [0.29, 0.717) is 22.8 Å². The summed E-state index contributed by atoms with van der Waals surface area (Å²) in [6.45, 7) is 1.90. The molecule has 1 aliphatic rings. The van der Waals surface area contributed by atoms with Crippen LogP contribution in [0.5, 0.6) is 0 Å². The van der Waals surface area contributed by atoms with Crippen molar-refractivity contribution in [3.05, 3.63) is 107 Å². The van der Waals surface area contributed by atoms with Crippen LogP contribution in [0.15, 0.2) is 89.0 Å². The highest BCUT2D eigenvalue weighted by Crippen LogP contribution is 2.41. The number of aryl methyl sites for hydroxylation is 1. The molecule has 1 aliphatic heterocycles. The van der Waals surface area contributed by atoms with E-state index in [-0.39, 0.29) is 17.9 Å². The van der Waals surface area contributed by atoms with Gasteiger partial charge in [0.1, 0.15) is 23.3 Å². The Morgan fingerprint density at radius 1 is 1.00 bits per heavy atom. The molecule has 0 spiro atoms. The quantitative estimate of drug-likeness (QED) is 0.290. The minimum Gasteiger partial charge on any atom is -0.507 e. The molecular formula is C26H20N2O4. The van der Waals surface area contributed by atoms with Gasteiger partial charge in [-0.25, -0.2) is 0 Å². The fraction of sp³-hybridized carbons (Fsp3) is 0.115. The average Bonchev–Trinajstić information content (AvgIpc) is 3.35. The van der Waals surface area contributed by atoms with Crippen LogP contribution in [0.25, 0.3) is 16.5 Å². The van der Waals surface area contributed by atoms with E-state index in [9.17, 15) is 14.7 Å². The zero-order valence-electron chi connectivity index (χ0n) is 17.4. The lowest BCUT2D eigenvalue weighted by Gasteiger charge is -2.23. The predicted molar refractivity (Wildman–Crippen MR) is 119 cm³/mol. The number of rotatable bonds is 4. The lowest BCUT2D eigenvalue weighted by molar-refractivity contribution is -0.140. The number of benzene rings is 2. The van der Waals surface area contributed by atoms with E-state index in [2.05, 4.69) is 4.98 Å². The van der Waals surface area contributed by atoms with Crippen molar-refractivity contribution in [2.45, 2.75) is 19.5 Å². The Balaban J connectivity index is 1.70. The van der Waals surface area contributed by atoms with Gasteiger partial charge in [0.2, 0.25) is 0 Å². The van der Waals surface area contributed by atoms with Crippen LogP contribution in [0.1, 0.15) is 28.8 Å². The van der Waals surface area contributed by atoms with Gasteiger partial charge in [0.05, 0.1) is 17.8 Å². The van der Waals surface area contributed by atoms with E-state index in [1.807, 2.05) is 42.5 Å². The van der Waals surface area contributed by atoms with Crippen molar-refractivity contribution in [3.8, 4) is 0 Å². The molecule has 1 saturated heterocycles. The Morgan fingerprint density at radius 2 is 1.78 bits per heavy atom. The molecule has 3 heterocycles. The maximum Gasteiger partial charge on any atom is 0.296 e. The normalized spacial score (nSPS) is 17.9. The van der Waals surface area contributed by atoms with Gasteiger partial charge in [0.25, 0.3) is 11.7 Å². The summed E-state index contributed by atoms with van der Waals surface area (Å²) in [7, 11) is 0. The SMILES string of the molecule is Cc1ccc(C2/C(=C(/O)c3cccc4ccccc34)C(=O)C(=O)N2Cc2ccccn2)o1. The second kappa shape index (κ2) is 7.81. The van der Waals surface area contributed by atoms with Gasteiger partial charge in [0.15, 0.2) is 0 Å². The van der Waals surface area contributed by atoms with E-state index < -0.39 is 17.7 Å². The van der Waals surface area contributed by atoms with Crippen LogP contribution in [0, 0.1) is 6.92 Å². The molecule has 0 aliphatic carbocycles. The number of nitrogens with zero attached hydrogens (tertiary/aromatic N) is 2. The first-order valence-electron chi connectivity index (χ1n) is 10.3. The molecule has 6 heteroatoms. The number of aliphatic hydroxyl groups excluding tert-OH is 1. The minimum atomic E-state index is -0.857. The number of carbonyl (C=O) groups excluding carboxylic acids is 2. The molecule has 0 radical (unpaired) electrons. The molecule has 2 aromatic heterocycles. The molecule has 1 N–H and O–H groups in total. The monoisotopic (exact) mass is 424 g/mol. The van der Waals surface area contributed by atoms with Crippen LogP contribution in [0.3, 0.4) is 0 Å². The molecule has 2 aromatic carbocycles. The number of amides is 1. The summed E-state index contributed by atoms with van der Waals surface area (Å²) in [6, 6.07) is 21.1. The summed E-state index contributed by atoms with van der Waals surface area (Å²) in [5, 5.41) is 13.1. The van der Waals surface area contributed by atoms with Crippen molar-refractivity contribution in [2.24, 2.45) is 0 Å². The first-order valence-corrected chi connectivity index (χ1v) is 10.3. The van der Waals surface area contributed by atoms with Crippen molar-refractivity contribution >= 4 is 28.2 Å². The summed E-state index contributed by atoms with van der Waals surface area (Å²) >= 11 is 0. The van der Waals surface area contributed by atoms with E-state index in [4.69, 9.17) is 4.42 Å². The number of fused-ring (bicyclic) bond motifs is 1. The molecule has 4 aromatic rings. The standard InChI is InChI=1S/C26H20N2O4/c1-16-12-13-21(32-16)23-22(24(29)20-11-6-8-17-7-2-3-10-19(17)20)25(30)26(31)28(23)15-18-9-4-5-14-27-18/h2-14,23,29H,15H2,1H3/b24-22-. The summed E-state index contributed by atoms with van der Waals surface area (Å²) < 4.78 is 5.82. The third-order valence-electron chi connectivity index (χ3n) is 5.67. The highest BCUT2D eigenvalue weighted by Gasteiger charge is 2.47. The lowest BCUT2D eigenvalue weighted by Crippen LogP contribution is -2.29. The Hall–Kier alpha value is -4.19. The second-order valence-corrected chi connectivity index (χ2v) is 7.72. The van der Waals surface area contributed by atoms with Gasteiger partial charge in [-0.2, -0.15) is 0 Å². The fourth-order valence-electron chi connectivity index (χ4n) is 4.18. The third-order valence-corrected chi connectivity index (χ3v) is 5.67. The fourth-order valence-corrected chi connectivity index (χ4v) is 4.18. The number of aliphatic hydroxyl groups is 1. The molecule has 6 nitrogen and oxygen atoms in total. The number of Topliss-reactive ketones (excluding diaryl/α,β-unsaturated/α-hetero) is 1. The molecular weight excluding hydrogens is 404 g/mol. The first-order chi connectivity index (χ1) is 15.5. The number of aromatic nitrogens is 1. The van der Waals surface area contributed by atoms with Gasteiger partial charge in [-0.1, -0.05) is 48.5 Å². The molecule has 1 unspecified atom stereocenters. The summed E-state index contributed by atoms with van der Waals surface area (Å²) in [5.41, 5.74) is 1.14. The van der Waals surface area contributed by atoms with Gasteiger partial charge < -0.3 is 14.4 Å². The zero-order valence-corrected chi connectivity index (χ0v) is 17.4. The van der Waals surface area contributed by atoms with E-state index in [1.54, 1.807) is 43.5 Å². The molecule has 0 bridgehead atoms. The lowest BCUT2D eigenvalue weighted by atomic mass is 9.96. The van der Waals surface area contributed by atoms with Crippen molar-refractivity contribution in [1.29, 1.82) is 0 Å². The minimum absolute atomic E-state index is 0.0108. The van der Waals surface area contributed by atoms with Crippen LogP contribution < -0.4 is 0 Å². The molecule has 1 atom stereocenters. The molecule has 32 heavy (non-hydrogen) atoms. The van der Waals surface area contributed by atoms with Crippen LogP contribution in [0.4, 0.5) is 0 Å². The number of pyridine rings is 1. The van der Waals surface area contributed by atoms with Crippen LogP contribution in [0.2, 0.25) is 0 Å². The van der Waals surface area contributed by atoms with E-state index >= 15 is 0 Å². The molecule has 5 rings (SSSR count). The Morgan fingerprint density at radius 3 is 2.53 bits per heavy atom. The zero-order chi connectivity index (χ0) is 22.2. The number of hydrogen-bond donors (Lipinski definition) is 1. The number of carbonyl (C=O) groups is 2. The molecule has 158 valence electrons. The van der Waals surface area contributed by atoms with Crippen molar-refractivity contribution in [3.63, 3.8) is 0 Å². The van der Waals surface area contributed by atoms with Gasteiger partial charge in [-0.3, -0.25) is 14.6 Å². The largest absolute Gasteiger partial charge is 0.507 e. The molecule has 0 saturated carbocycles. The number of hydrogen-bond acceptors (Lipinski definition) is 5. The van der Waals surface area contributed by atoms with Gasteiger partial charge in [-0.05, 0) is 42.0 Å². The predicted octanol–water partition coefficient (Wildman–Crippen LogP) is 4.76. The van der Waals surface area contributed by atoms with Crippen molar-refractivity contribution in [1.82, 2.24) is 9.88 Å². The van der Waals surface area contributed by atoms with E-state index in [1.165, 1.54) is 4.90 Å². The Kier molecular flexibility index (Phi) is 4.82. The summed E-state index contributed by atoms with van der Waals surface area (Å²) in [4.78, 5) is 31.9. The smallest absolute Gasteiger partial charge is 0.296 e. The topological polar surface area (TPSA) is 83.6 Å². The Bertz CT molecular complexity index is 1370. The number of ketones is 1. The maximum absolute atomic E-state index is 13.2. The summed E-state index contributed by atoms with van der Waals surface area (Å²) in [5.74, 6) is -0.599. The molecule has 1 amide bonds. The maximum atomic E-state index is 13.2. The van der Waals surface area contributed by atoms with Crippen LogP contribution >= 0.6 is 0 Å². The van der Waals surface area contributed by atoms with Gasteiger partial charge in [0, 0.05) is 11.8 Å². The van der Waals surface area contributed by atoms with E-state index in [0.717, 1.165) is 10.8 Å². The van der Waals surface area contributed by atoms with Crippen LogP contribution in [-0.2, 0) is 16.1 Å². The summed E-state index contributed by atoms with van der Waals surface area (Å²) in [6.07, 6.45) is 1.63. The molecule has 1 fully saturated rings. The third kappa shape index (κ3) is 3.26. The van der Waals surface area contributed by atoms with Gasteiger partial charge in [-0.15, -0.1) is 0 Å². The second-order valence-electron chi connectivity index (χ2n) is 7.72. The van der Waals surface area contributed by atoms with Crippen molar-refractivity contribution in [2.75, 3.05) is 0 Å². The number of furan rings is 1. The van der Waals surface area contributed by atoms with Gasteiger partial charge >= 0.3 is 0 Å². The Labute approximate surface area is 184 Å². The average molecular weight is 424 g/mol. The van der Waals surface area contributed by atoms with Crippen molar-refractivity contribution < 1.29 is 19.1 Å². The highest BCUT2D eigenvalue weighted by molar-refractivity contribution is 6.46. The number of likely N-dealkylation sites (tertiary alicyclic amines) is 1. The van der Waals surface area contributed by atoms with Crippen LogP contribution in [-0.4, -0.2) is 26.7 Å².